The summed E-state index contributed by atoms with van der Waals surface area (Å²) in [6, 6.07) is 5.46. The van der Waals surface area contributed by atoms with Gasteiger partial charge in [-0.1, -0.05) is 50.8 Å². The molecule has 1 aromatic carbocycles. The molecule has 1 aromatic rings. The van der Waals surface area contributed by atoms with Crippen molar-refractivity contribution in [3.05, 3.63) is 28.8 Å². The first-order valence-electron chi connectivity index (χ1n) is 7.61. The summed E-state index contributed by atoms with van der Waals surface area (Å²) in [5.41, 5.74) is 1.05. The highest BCUT2D eigenvalue weighted by Gasteiger charge is 2.11. The monoisotopic (exact) mass is 312 g/mol. The Morgan fingerprint density at radius 2 is 2.10 bits per heavy atom. The molecule has 0 aliphatic rings. The highest BCUT2D eigenvalue weighted by molar-refractivity contribution is 6.32. The van der Waals surface area contributed by atoms with E-state index in [4.69, 9.17) is 21.1 Å². The van der Waals surface area contributed by atoms with Crippen molar-refractivity contribution in [3.63, 3.8) is 0 Å². The van der Waals surface area contributed by atoms with Crippen LogP contribution in [0.5, 0.6) is 5.75 Å². The summed E-state index contributed by atoms with van der Waals surface area (Å²) < 4.78 is 10.7. The van der Waals surface area contributed by atoms with E-state index >= 15 is 0 Å². The number of aryl methyl sites for hydroxylation is 1. The van der Waals surface area contributed by atoms with Crippen LogP contribution in [0.3, 0.4) is 0 Å². The van der Waals surface area contributed by atoms with E-state index in [1.165, 1.54) is 12.8 Å². The van der Waals surface area contributed by atoms with Gasteiger partial charge in [-0.05, 0) is 37.0 Å². The lowest BCUT2D eigenvalue weighted by molar-refractivity contribution is -0.147. The summed E-state index contributed by atoms with van der Waals surface area (Å²) in [5.74, 6) is 0.607. The Morgan fingerprint density at radius 1 is 1.33 bits per heavy atom. The molecule has 4 heteroatoms. The number of carbonyl (C=O) groups is 1. The normalized spacial score (nSPS) is 12.0. The number of unbranched alkanes of at least 4 members (excludes halogenated alkanes) is 1. The molecule has 0 N–H and O–H groups in total. The number of carbonyl (C=O) groups excluding carboxylic acids is 1. The summed E-state index contributed by atoms with van der Waals surface area (Å²) in [6.07, 6.45) is 4.47. The van der Waals surface area contributed by atoms with E-state index in [2.05, 4.69) is 13.8 Å². The van der Waals surface area contributed by atoms with Crippen molar-refractivity contribution in [1.29, 1.82) is 0 Å². The lowest BCUT2D eigenvalue weighted by atomic mass is 10.0. The zero-order chi connectivity index (χ0) is 15.7. The molecule has 3 nitrogen and oxygen atoms in total. The number of halogens is 1. The van der Waals surface area contributed by atoms with E-state index in [1.807, 2.05) is 13.0 Å². The molecular formula is C17H25ClO3. The van der Waals surface area contributed by atoms with Gasteiger partial charge in [-0.15, -0.1) is 0 Å². The van der Waals surface area contributed by atoms with Crippen LogP contribution in [0.15, 0.2) is 18.2 Å². The van der Waals surface area contributed by atoms with Gasteiger partial charge in [-0.2, -0.15) is 0 Å². The fraction of sp³-hybridized carbons (Fsp3) is 0.588. The van der Waals surface area contributed by atoms with Crippen LogP contribution in [-0.4, -0.2) is 19.2 Å². The number of benzene rings is 1. The molecule has 21 heavy (non-hydrogen) atoms. The van der Waals surface area contributed by atoms with Crippen LogP contribution < -0.4 is 4.74 Å². The Hall–Kier alpha value is -1.22. The minimum atomic E-state index is -0.346. The minimum Gasteiger partial charge on any atom is -0.480 e. The van der Waals surface area contributed by atoms with Crippen LogP contribution >= 0.6 is 11.6 Å². The quantitative estimate of drug-likeness (QED) is 0.615. The Labute approximate surface area is 132 Å². The van der Waals surface area contributed by atoms with Crippen molar-refractivity contribution in [2.24, 2.45) is 5.92 Å². The fourth-order valence-corrected chi connectivity index (χ4v) is 2.30. The predicted octanol–water partition coefficient (Wildman–Crippen LogP) is 4.79. The van der Waals surface area contributed by atoms with Gasteiger partial charge in [0, 0.05) is 0 Å². The van der Waals surface area contributed by atoms with Crippen molar-refractivity contribution in [3.8, 4) is 5.75 Å². The highest BCUT2D eigenvalue weighted by Crippen LogP contribution is 2.25. The van der Waals surface area contributed by atoms with Gasteiger partial charge in [-0.3, -0.25) is 0 Å². The van der Waals surface area contributed by atoms with Crippen molar-refractivity contribution < 1.29 is 14.3 Å². The smallest absolute Gasteiger partial charge is 0.344 e. The first-order valence-corrected chi connectivity index (χ1v) is 7.99. The molecule has 0 aliphatic carbocycles. The number of ether oxygens (including phenoxy) is 2. The SMILES string of the molecule is CCCCC(CC)COC(=O)COc1ccc(C)cc1Cl. The van der Waals surface area contributed by atoms with Crippen molar-refractivity contribution in [1.82, 2.24) is 0 Å². The molecule has 0 spiro atoms. The molecule has 0 heterocycles. The summed E-state index contributed by atoms with van der Waals surface area (Å²) >= 11 is 6.04. The summed E-state index contributed by atoms with van der Waals surface area (Å²) in [5, 5.41) is 0.511. The zero-order valence-corrected chi connectivity index (χ0v) is 13.9. The predicted molar refractivity (Wildman–Crippen MR) is 85.9 cm³/mol. The van der Waals surface area contributed by atoms with Gasteiger partial charge in [-0.25, -0.2) is 4.79 Å². The van der Waals surface area contributed by atoms with Gasteiger partial charge < -0.3 is 9.47 Å². The maximum atomic E-state index is 11.7. The third-order valence-corrected chi connectivity index (χ3v) is 3.75. The van der Waals surface area contributed by atoms with Gasteiger partial charge in [0.25, 0.3) is 0 Å². The first kappa shape index (κ1) is 17.8. The van der Waals surface area contributed by atoms with E-state index < -0.39 is 0 Å². The molecule has 0 aliphatic heterocycles. The Kier molecular flexibility index (Phi) is 8.21. The zero-order valence-electron chi connectivity index (χ0n) is 13.2. The molecule has 1 atom stereocenters. The average molecular weight is 313 g/mol. The Balaban J connectivity index is 2.33. The van der Waals surface area contributed by atoms with Gasteiger partial charge in [0.05, 0.1) is 11.6 Å². The molecule has 1 unspecified atom stereocenters. The second-order valence-corrected chi connectivity index (χ2v) is 5.73. The minimum absolute atomic E-state index is 0.104. The molecule has 0 saturated heterocycles. The Morgan fingerprint density at radius 3 is 2.71 bits per heavy atom. The van der Waals surface area contributed by atoms with E-state index in [-0.39, 0.29) is 12.6 Å². The first-order chi connectivity index (χ1) is 10.1. The standard InChI is InChI=1S/C17H25ClO3/c1-4-6-7-14(5-2)11-21-17(19)12-20-16-9-8-13(3)10-15(16)18/h8-10,14H,4-7,11-12H2,1-3H3. The molecule has 0 fully saturated rings. The number of hydrogen-bond donors (Lipinski definition) is 0. The molecule has 0 radical (unpaired) electrons. The van der Waals surface area contributed by atoms with E-state index in [9.17, 15) is 4.79 Å². The average Bonchev–Trinajstić information content (AvgIpc) is 2.46. The number of esters is 1. The van der Waals surface area contributed by atoms with Gasteiger partial charge >= 0.3 is 5.97 Å². The second-order valence-electron chi connectivity index (χ2n) is 5.32. The molecule has 0 saturated carbocycles. The van der Waals surface area contributed by atoms with E-state index in [0.29, 0.717) is 23.3 Å². The topological polar surface area (TPSA) is 35.5 Å². The Bertz CT molecular complexity index is 446. The second kappa shape index (κ2) is 9.67. The van der Waals surface area contributed by atoms with E-state index in [0.717, 1.165) is 18.4 Å². The maximum absolute atomic E-state index is 11.7. The van der Waals surface area contributed by atoms with Crippen LogP contribution in [0, 0.1) is 12.8 Å². The van der Waals surface area contributed by atoms with Crippen LogP contribution in [-0.2, 0) is 9.53 Å². The third-order valence-electron chi connectivity index (χ3n) is 3.46. The lowest BCUT2D eigenvalue weighted by Crippen LogP contribution is -2.19. The highest BCUT2D eigenvalue weighted by atomic mass is 35.5. The van der Waals surface area contributed by atoms with E-state index in [1.54, 1.807) is 12.1 Å². The van der Waals surface area contributed by atoms with Crippen LogP contribution in [0.1, 0.15) is 45.1 Å². The largest absolute Gasteiger partial charge is 0.480 e. The van der Waals surface area contributed by atoms with Crippen molar-refractivity contribution in [2.45, 2.75) is 46.5 Å². The molecule has 0 amide bonds. The third kappa shape index (κ3) is 6.85. The number of rotatable bonds is 9. The van der Waals surface area contributed by atoms with Crippen LogP contribution in [0.25, 0.3) is 0 Å². The van der Waals surface area contributed by atoms with Crippen LogP contribution in [0.2, 0.25) is 5.02 Å². The molecular weight excluding hydrogens is 288 g/mol. The van der Waals surface area contributed by atoms with Crippen LogP contribution in [0.4, 0.5) is 0 Å². The number of hydrogen-bond acceptors (Lipinski definition) is 3. The van der Waals surface area contributed by atoms with Crippen molar-refractivity contribution >= 4 is 17.6 Å². The van der Waals surface area contributed by atoms with Gasteiger partial charge in [0.1, 0.15) is 5.75 Å². The molecule has 118 valence electrons. The summed E-state index contributed by atoms with van der Waals surface area (Å²) in [6.45, 7) is 6.60. The molecule has 1 rings (SSSR count). The molecule has 0 bridgehead atoms. The van der Waals surface area contributed by atoms with Gasteiger partial charge in [0.15, 0.2) is 6.61 Å². The molecule has 0 aromatic heterocycles. The van der Waals surface area contributed by atoms with Crippen molar-refractivity contribution in [2.75, 3.05) is 13.2 Å². The summed E-state index contributed by atoms with van der Waals surface area (Å²) in [4.78, 5) is 11.7. The lowest BCUT2D eigenvalue weighted by Gasteiger charge is -2.15. The summed E-state index contributed by atoms with van der Waals surface area (Å²) in [7, 11) is 0. The van der Waals surface area contributed by atoms with Gasteiger partial charge in [0.2, 0.25) is 0 Å². The maximum Gasteiger partial charge on any atom is 0.344 e. The fourth-order valence-electron chi connectivity index (χ4n) is 2.01.